The first kappa shape index (κ1) is 20.1. The lowest BCUT2D eigenvalue weighted by atomic mass is 9.95. The van der Waals surface area contributed by atoms with Crippen LogP contribution in [0.25, 0.3) is 5.69 Å². The highest BCUT2D eigenvalue weighted by molar-refractivity contribution is 5.94. The topological polar surface area (TPSA) is 51.0 Å². The number of benzene rings is 1. The van der Waals surface area contributed by atoms with Crippen molar-refractivity contribution in [1.82, 2.24) is 19.7 Å². The number of amides is 1. The summed E-state index contributed by atoms with van der Waals surface area (Å²) in [5.74, 6) is -0.177. The quantitative estimate of drug-likeness (QED) is 0.634. The predicted octanol–water partition coefficient (Wildman–Crippen LogP) is 4.44. The van der Waals surface area contributed by atoms with Crippen LogP contribution in [0.1, 0.15) is 45.7 Å². The number of halogens is 3. The summed E-state index contributed by atoms with van der Waals surface area (Å²) in [6.07, 6.45) is 1.42. The van der Waals surface area contributed by atoms with Crippen LogP contribution < -0.4 is 0 Å². The van der Waals surface area contributed by atoms with Gasteiger partial charge in [0.1, 0.15) is 0 Å². The molecule has 3 aromatic rings. The Hall–Kier alpha value is -3.16. The van der Waals surface area contributed by atoms with E-state index in [1.165, 1.54) is 4.68 Å². The van der Waals surface area contributed by atoms with E-state index in [1.807, 2.05) is 12.1 Å². The summed E-state index contributed by atoms with van der Waals surface area (Å²) in [5.41, 5.74) is 2.00. The fraction of sp³-hybridized carbons (Fsp3) is 0.318. The molecule has 0 radical (unpaired) electrons. The average Bonchev–Trinajstić information content (AvgIpc) is 3.14. The lowest BCUT2D eigenvalue weighted by molar-refractivity contribution is -0.142. The molecule has 0 atom stereocenters. The van der Waals surface area contributed by atoms with Crippen molar-refractivity contribution in [2.75, 3.05) is 7.05 Å². The standard InChI is InChI=1S/C22H21F3N4O/c1-28(14-15-5-4-12-26-13-15)21(30)16-8-10-17(11-9-16)29-19-7-3-2-6-18(19)20(27-29)22(23,24)25/h4-5,8-13H,2-3,6-7,14H2,1H3. The van der Waals surface area contributed by atoms with E-state index in [0.29, 0.717) is 41.9 Å². The van der Waals surface area contributed by atoms with Gasteiger partial charge in [0.05, 0.1) is 5.69 Å². The number of pyridine rings is 1. The van der Waals surface area contributed by atoms with Gasteiger partial charge in [-0.3, -0.25) is 9.78 Å². The summed E-state index contributed by atoms with van der Waals surface area (Å²) in [6.45, 7) is 0.413. The Labute approximate surface area is 172 Å². The van der Waals surface area contributed by atoms with Gasteiger partial charge in [-0.05, 0) is 61.6 Å². The maximum Gasteiger partial charge on any atom is 0.435 e. The lowest BCUT2D eigenvalue weighted by Gasteiger charge is -2.18. The summed E-state index contributed by atoms with van der Waals surface area (Å²) in [7, 11) is 1.70. The molecular weight excluding hydrogens is 393 g/mol. The zero-order valence-electron chi connectivity index (χ0n) is 16.5. The van der Waals surface area contributed by atoms with Crippen LogP contribution in [0.5, 0.6) is 0 Å². The van der Waals surface area contributed by atoms with Crippen LogP contribution >= 0.6 is 0 Å². The molecule has 156 valence electrons. The fourth-order valence-corrected chi connectivity index (χ4v) is 3.84. The van der Waals surface area contributed by atoms with E-state index in [1.54, 1.807) is 48.6 Å². The minimum atomic E-state index is -4.47. The third kappa shape index (κ3) is 3.94. The molecule has 1 aliphatic carbocycles. The maximum atomic E-state index is 13.4. The van der Waals surface area contributed by atoms with E-state index < -0.39 is 11.9 Å². The molecule has 1 amide bonds. The zero-order chi connectivity index (χ0) is 21.3. The highest BCUT2D eigenvalue weighted by Crippen LogP contribution is 2.36. The summed E-state index contributed by atoms with van der Waals surface area (Å²) in [4.78, 5) is 18.3. The van der Waals surface area contributed by atoms with E-state index in [4.69, 9.17) is 0 Å². The van der Waals surface area contributed by atoms with Gasteiger partial charge in [-0.15, -0.1) is 0 Å². The monoisotopic (exact) mass is 414 g/mol. The van der Waals surface area contributed by atoms with Crippen LogP contribution in [-0.4, -0.2) is 32.6 Å². The van der Waals surface area contributed by atoms with Crippen molar-refractivity contribution in [2.24, 2.45) is 0 Å². The Morgan fingerprint density at radius 1 is 1.13 bits per heavy atom. The van der Waals surface area contributed by atoms with Crippen molar-refractivity contribution in [2.45, 2.75) is 38.4 Å². The minimum Gasteiger partial charge on any atom is -0.337 e. The highest BCUT2D eigenvalue weighted by atomic mass is 19.4. The second-order valence-electron chi connectivity index (χ2n) is 7.46. The van der Waals surface area contributed by atoms with Crippen LogP contribution in [0.15, 0.2) is 48.8 Å². The Morgan fingerprint density at radius 2 is 1.87 bits per heavy atom. The third-order valence-corrected chi connectivity index (χ3v) is 5.30. The van der Waals surface area contributed by atoms with Crippen LogP contribution in [0.3, 0.4) is 0 Å². The lowest BCUT2D eigenvalue weighted by Crippen LogP contribution is -2.26. The molecule has 0 aliphatic heterocycles. The molecule has 5 nitrogen and oxygen atoms in total. The van der Waals surface area contributed by atoms with Gasteiger partial charge in [0.15, 0.2) is 5.69 Å². The van der Waals surface area contributed by atoms with Gasteiger partial charge in [-0.2, -0.15) is 18.3 Å². The highest BCUT2D eigenvalue weighted by Gasteiger charge is 2.39. The van der Waals surface area contributed by atoms with Crippen molar-refractivity contribution < 1.29 is 18.0 Å². The van der Waals surface area contributed by atoms with E-state index in [2.05, 4.69) is 10.1 Å². The predicted molar refractivity (Wildman–Crippen MR) is 105 cm³/mol. The number of alkyl halides is 3. The SMILES string of the molecule is CN(Cc1cccnc1)C(=O)c1ccc(-n2nc(C(F)(F)F)c3c2CCCC3)cc1. The normalized spacial score (nSPS) is 13.7. The van der Waals surface area contributed by atoms with E-state index in [-0.39, 0.29) is 5.91 Å². The van der Waals surface area contributed by atoms with Crippen LogP contribution in [0, 0.1) is 0 Å². The second-order valence-corrected chi connectivity index (χ2v) is 7.46. The van der Waals surface area contributed by atoms with Crippen molar-refractivity contribution in [1.29, 1.82) is 0 Å². The van der Waals surface area contributed by atoms with Gasteiger partial charge >= 0.3 is 6.18 Å². The van der Waals surface area contributed by atoms with Crippen molar-refractivity contribution >= 4 is 5.91 Å². The summed E-state index contributed by atoms with van der Waals surface area (Å²) < 4.78 is 41.6. The number of hydrogen-bond donors (Lipinski definition) is 0. The molecule has 2 aromatic heterocycles. The maximum absolute atomic E-state index is 13.4. The fourth-order valence-electron chi connectivity index (χ4n) is 3.84. The second kappa shape index (κ2) is 7.93. The molecule has 2 heterocycles. The van der Waals surface area contributed by atoms with Crippen LogP contribution in [0.2, 0.25) is 0 Å². The molecule has 0 spiro atoms. The first-order valence-corrected chi connectivity index (χ1v) is 9.77. The molecule has 0 bridgehead atoms. The number of carbonyl (C=O) groups excluding carboxylic acids is 1. The van der Waals surface area contributed by atoms with Gasteiger partial charge in [-0.25, -0.2) is 4.68 Å². The van der Waals surface area contributed by atoms with E-state index >= 15 is 0 Å². The Kier molecular flexibility index (Phi) is 5.32. The zero-order valence-corrected chi connectivity index (χ0v) is 16.5. The van der Waals surface area contributed by atoms with Gasteiger partial charge in [-0.1, -0.05) is 6.07 Å². The van der Waals surface area contributed by atoms with Crippen molar-refractivity contribution in [3.8, 4) is 5.69 Å². The van der Waals surface area contributed by atoms with Gasteiger partial charge in [0, 0.05) is 42.8 Å². The number of nitrogens with zero attached hydrogens (tertiary/aromatic N) is 4. The van der Waals surface area contributed by atoms with Gasteiger partial charge < -0.3 is 4.90 Å². The van der Waals surface area contributed by atoms with Crippen molar-refractivity contribution in [3.63, 3.8) is 0 Å². The van der Waals surface area contributed by atoms with Gasteiger partial charge in [0.2, 0.25) is 0 Å². The number of carbonyl (C=O) groups is 1. The van der Waals surface area contributed by atoms with Gasteiger partial charge in [0.25, 0.3) is 5.91 Å². The van der Waals surface area contributed by atoms with Crippen molar-refractivity contribution in [3.05, 3.63) is 76.9 Å². The molecule has 1 aliphatic rings. The number of aromatic nitrogens is 3. The molecule has 0 saturated carbocycles. The Balaban J connectivity index is 1.58. The largest absolute Gasteiger partial charge is 0.435 e. The Bertz CT molecular complexity index is 1040. The molecule has 8 heteroatoms. The van der Waals surface area contributed by atoms with E-state index in [9.17, 15) is 18.0 Å². The molecule has 1 aromatic carbocycles. The Morgan fingerprint density at radius 3 is 2.53 bits per heavy atom. The minimum absolute atomic E-state index is 0.177. The average molecular weight is 414 g/mol. The summed E-state index contributed by atoms with van der Waals surface area (Å²) in [6, 6.07) is 10.2. The smallest absolute Gasteiger partial charge is 0.337 e. The first-order chi connectivity index (χ1) is 14.3. The third-order valence-electron chi connectivity index (χ3n) is 5.30. The molecule has 0 unspecified atom stereocenters. The number of hydrogen-bond acceptors (Lipinski definition) is 3. The molecule has 0 fully saturated rings. The number of rotatable bonds is 4. The summed E-state index contributed by atoms with van der Waals surface area (Å²) >= 11 is 0. The molecule has 4 rings (SSSR count). The van der Waals surface area contributed by atoms with Crippen LogP contribution in [-0.2, 0) is 25.6 Å². The molecule has 30 heavy (non-hydrogen) atoms. The molecular formula is C22H21F3N4O. The molecule has 0 N–H and O–H groups in total. The first-order valence-electron chi connectivity index (χ1n) is 9.77. The van der Waals surface area contributed by atoms with E-state index in [0.717, 1.165) is 18.4 Å². The summed E-state index contributed by atoms with van der Waals surface area (Å²) in [5, 5.41) is 3.89. The number of fused-ring (bicyclic) bond motifs is 1. The molecule has 0 saturated heterocycles. The van der Waals surface area contributed by atoms with Crippen LogP contribution in [0.4, 0.5) is 13.2 Å².